The first-order chi connectivity index (χ1) is 9.31. The summed E-state index contributed by atoms with van der Waals surface area (Å²) in [5, 5.41) is 3.37. The Morgan fingerprint density at radius 2 is 2.10 bits per heavy atom. The van der Waals surface area contributed by atoms with Crippen LogP contribution in [0.2, 0.25) is 0 Å². The number of carbonyl (C=O) groups excluding carboxylic acids is 1. The summed E-state index contributed by atoms with van der Waals surface area (Å²) in [6, 6.07) is 5.96. The molecule has 5 heteroatoms. The van der Waals surface area contributed by atoms with Gasteiger partial charge in [-0.05, 0) is 32.4 Å². The average molecular weight is 275 g/mol. The molecule has 1 aromatic carbocycles. The maximum absolute atomic E-state index is 12.0. The SMILES string of the molecule is CC(C)(C)OC(=O)N1CC2(CNc3c(N)cccc32)C1. The molecule has 1 fully saturated rings. The van der Waals surface area contributed by atoms with Crippen molar-refractivity contribution in [3.63, 3.8) is 0 Å². The number of nitrogens with two attached hydrogens (primary N) is 1. The molecule has 3 rings (SSSR count). The maximum Gasteiger partial charge on any atom is 0.410 e. The first kappa shape index (κ1) is 13.1. The van der Waals surface area contributed by atoms with Crippen molar-refractivity contribution in [1.82, 2.24) is 4.90 Å². The normalized spacial score (nSPS) is 19.2. The molecule has 0 bridgehead atoms. The van der Waals surface area contributed by atoms with E-state index in [0.29, 0.717) is 13.1 Å². The maximum atomic E-state index is 12.0. The molecule has 0 radical (unpaired) electrons. The Morgan fingerprint density at radius 1 is 1.40 bits per heavy atom. The van der Waals surface area contributed by atoms with Crippen molar-refractivity contribution in [2.75, 3.05) is 30.7 Å². The first-order valence-electron chi connectivity index (χ1n) is 6.92. The van der Waals surface area contributed by atoms with Crippen molar-refractivity contribution in [2.45, 2.75) is 31.8 Å². The van der Waals surface area contributed by atoms with Gasteiger partial charge < -0.3 is 20.7 Å². The fraction of sp³-hybridized carbons (Fsp3) is 0.533. The number of nitrogens with one attached hydrogen (secondary N) is 1. The number of carbonyl (C=O) groups is 1. The van der Waals surface area contributed by atoms with E-state index in [0.717, 1.165) is 17.9 Å². The second-order valence-electron chi connectivity index (χ2n) is 6.74. The Bertz CT molecular complexity index is 557. The van der Waals surface area contributed by atoms with Crippen molar-refractivity contribution in [3.8, 4) is 0 Å². The number of likely N-dealkylation sites (tertiary alicyclic amines) is 1. The van der Waals surface area contributed by atoms with Gasteiger partial charge in [-0.1, -0.05) is 12.1 Å². The Kier molecular flexibility index (Phi) is 2.64. The van der Waals surface area contributed by atoms with Gasteiger partial charge in [-0.3, -0.25) is 0 Å². The van der Waals surface area contributed by atoms with Crippen LogP contribution in [0.5, 0.6) is 0 Å². The zero-order valence-electron chi connectivity index (χ0n) is 12.2. The number of nitrogen functional groups attached to an aromatic ring is 1. The molecule has 1 amide bonds. The molecule has 0 unspecified atom stereocenters. The first-order valence-corrected chi connectivity index (χ1v) is 6.92. The van der Waals surface area contributed by atoms with Crippen molar-refractivity contribution in [3.05, 3.63) is 23.8 Å². The van der Waals surface area contributed by atoms with Gasteiger partial charge in [-0.15, -0.1) is 0 Å². The van der Waals surface area contributed by atoms with Gasteiger partial charge in [0.25, 0.3) is 0 Å². The summed E-state index contributed by atoms with van der Waals surface area (Å²) in [5.41, 5.74) is 8.55. The van der Waals surface area contributed by atoms with Crippen LogP contribution in [0.4, 0.5) is 16.2 Å². The summed E-state index contributed by atoms with van der Waals surface area (Å²) in [6.07, 6.45) is -0.236. The molecule has 2 aliphatic rings. The summed E-state index contributed by atoms with van der Waals surface area (Å²) < 4.78 is 5.40. The second kappa shape index (κ2) is 4.04. The van der Waals surface area contributed by atoms with E-state index >= 15 is 0 Å². The summed E-state index contributed by atoms with van der Waals surface area (Å²) in [7, 11) is 0. The van der Waals surface area contributed by atoms with Gasteiger partial charge in [-0.25, -0.2) is 4.79 Å². The number of hydrogen-bond acceptors (Lipinski definition) is 4. The van der Waals surface area contributed by atoms with Gasteiger partial charge in [0, 0.05) is 19.6 Å². The van der Waals surface area contributed by atoms with Gasteiger partial charge in [0.15, 0.2) is 0 Å². The van der Waals surface area contributed by atoms with Crippen molar-refractivity contribution in [2.24, 2.45) is 0 Å². The number of amides is 1. The van der Waals surface area contributed by atoms with E-state index in [-0.39, 0.29) is 11.5 Å². The summed E-state index contributed by atoms with van der Waals surface area (Å²) in [6.45, 7) is 7.85. The van der Waals surface area contributed by atoms with E-state index in [9.17, 15) is 4.79 Å². The van der Waals surface area contributed by atoms with E-state index in [4.69, 9.17) is 10.5 Å². The largest absolute Gasteiger partial charge is 0.444 e. The molecule has 3 N–H and O–H groups in total. The van der Waals surface area contributed by atoms with Crippen LogP contribution in [0.15, 0.2) is 18.2 Å². The van der Waals surface area contributed by atoms with Crippen LogP contribution in [0.3, 0.4) is 0 Å². The van der Waals surface area contributed by atoms with Gasteiger partial charge >= 0.3 is 6.09 Å². The lowest BCUT2D eigenvalue weighted by molar-refractivity contribution is -0.00627. The minimum absolute atomic E-state index is 0.00160. The number of fused-ring (bicyclic) bond motifs is 2. The highest BCUT2D eigenvalue weighted by atomic mass is 16.6. The number of hydrogen-bond donors (Lipinski definition) is 2. The lowest BCUT2D eigenvalue weighted by Gasteiger charge is -2.47. The van der Waals surface area contributed by atoms with Gasteiger partial charge in [0.1, 0.15) is 5.60 Å². The average Bonchev–Trinajstić information content (AvgIpc) is 2.65. The smallest absolute Gasteiger partial charge is 0.410 e. The molecule has 0 aliphatic carbocycles. The predicted octanol–water partition coefficient (Wildman–Crippen LogP) is 2.18. The third-order valence-electron chi connectivity index (χ3n) is 3.91. The van der Waals surface area contributed by atoms with Crippen LogP contribution < -0.4 is 11.1 Å². The highest BCUT2D eigenvalue weighted by Gasteiger charge is 2.51. The van der Waals surface area contributed by atoms with Crippen LogP contribution in [-0.4, -0.2) is 36.2 Å². The molecule has 20 heavy (non-hydrogen) atoms. The zero-order valence-corrected chi connectivity index (χ0v) is 12.2. The molecular weight excluding hydrogens is 254 g/mol. The molecule has 2 aliphatic heterocycles. The highest BCUT2D eigenvalue weighted by molar-refractivity contribution is 5.78. The van der Waals surface area contributed by atoms with E-state index in [1.165, 1.54) is 5.56 Å². The molecule has 1 spiro atoms. The highest BCUT2D eigenvalue weighted by Crippen LogP contribution is 2.45. The summed E-state index contributed by atoms with van der Waals surface area (Å²) in [4.78, 5) is 13.8. The monoisotopic (exact) mass is 275 g/mol. The lowest BCUT2D eigenvalue weighted by Crippen LogP contribution is -2.62. The lowest BCUT2D eigenvalue weighted by atomic mass is 9.75. The molecule has 108 valence electrons. The quantitative estimate of drug-likeness (QED) is 0.712. The topological polar surface area (TPSA) is 67.6 Å². The predicted molar refractivity (Wildman–Crippen MR) is 78.8 cm³/mol. The third-order valence-corrected chi connectivity index (χ3v) is 3.91. The number of ether oxygens (including phenoxy) is 1. The number of anilines is 2. The van der Waals surface area contributed by atoms with E-state index in [2.05, 4.69) is 11.4 Å². The summed E-state index contributed by atoms with van der Waals surface area (Å²) in [5.74, 6) is 0. The molecule has 5 nitrogen and oxygen atoms in total. The molecule has 0 aromatic heterocycles. The van der Waals surface area contributed by atoms with Crippen molar-refractivity contribution < 1.29 is 9.53 Å². The Labute approximate surface area is 119 Å². The number of rotatable bonds is 0. The minimum Gasteiger partial charge on any atom is -0.444 e. The number of nitrogens with zero attached hydrogens (tertiary/aromatic N) is 1. The summed E-state index contributed by atoms with van der Waals surface area (Å²) >= 11 is 0. The molecule has 1 saturated heterocycles. The van der Waals surface area contributed by atoms with E-state index in [1.807, 2.05) is 32.9 Å². The fourth-order valence-electron chi connectivity index (χ4n) is 2.98. The number of benzene rings is 1. The van der Waals surface area contributed by atoms with Gasteiger partial charge in [-0.2, -0.15) is 0 Å². The van der Waals surface area contributed by atoms with Crippen LogP contribution in [-0.2, 0) is 10.2 Å². The van der Waals surface area contributed by atoms with Crippen LogP contribution in [0.1, 0.15) is 26.3 Å². The standard InChI is InChI=1S/C15H21N3O2/c1-14(2,3)20-13(19)18-8-15(9-18)7-17-12-10(15)5-4-6-11(12)16/h4-6,17H,7-9,16H2,1-3H3. The fourth-order valence-corrected chi connectivity index (χ4v) is 2.98. The Morgan fingerprint density at radius 3 is 2.75 bits per heavy atom. The molecular formula is C15H21N3O2. The number of para-hydroxylation sites is 1. The molecule has 1 aromatic rings. The van der Waals surface area contributed by atoms with E-state index in [1.54, 1.807) is 4.90 Å². The zero-order chi connectivity index (χ0) is 14.5. The van der Waals surface area contributed by atoms with Crippen molar-refractivity contribution >= 4 is 17.5 Å². The Balaban J connectivity index is 1.73. The van der Waals surface area contributed by atoms with Crippen molar-refractivity contribution in [1.29, 1.82) is 0 Å². The third kappa shape index (κ3) is 1.97. The molecule has 0 atom stereocenters. The van der Waals surface area contributed by atoms with Gasteiger partial charge in [0.2, 0.25) is 0 Å². The van der Waals surface area contributed by atoms with Gasteiger partial charge in [0.05, 0.1) is 16.8 Å². The van der Waals surface area contributed by atoms with Crippen LogP contribution in [0.25, 0.3) is 0 Å². The second-order valence-corrected chi connectivity index (χ2v) is 6.74. The van der Waals surface area contributed by atoms with Crippen LogP contribution in [0, 0.1) is 0 Å². The van der Waals surface area contributed by atoms with E-state index < -0.39 is 5.60 Å². The van der Waals surface area contributed by atoms with Crippen LogP contribution >= 0.6 is 0 Å². The minimum atomic E-state index is -0.448. The Hall–Kier alpha value is -1.91. The molecule has 0 saturated carbocycles. The molecule has 2 heterocycles.